The Hall–Kier alpha value is -0.980. The van der Waals surface area contributed by atoms with Gasteiger partial charge in [0.25, 0.3) is 5.69 Å². The van der Waals surface area contributed by atoms with Crippen molar-refractivity contribution in [1.29, 1.82) is 0 Å². The van der Waals surface area contributed by atoms with Crippen LogP contribution >= 0.6 is 15.9 Å². The number of nitro benzene ring substituents is 1. The lowest BCUT2D eigenvalue weighted by molar-refractivity contribution is -0.385. The third-order valence-electron chi connectivity index (χ3n) is 3.48. The number of nitrogens with zero attached hydrogens (tertiary/aromatic N) is 2. The quantitative estimate of drug-likeness (QED) is 0.666. The normalized spacial score (nSPS) is 19.8. The van der Waals surface area contributed by atoms with Gasteiger partial charge in [0.15, 0.2) is 0 Å². The minimum absolute atomic E-state index is 0.180. The van der Waals surface area contributed by atoms with Crippen molar-refractivity contribution in [3.05, 3.63) is 38.3 Å². The van der Waals surface area contributed by atoms with Gasteiger partial charge in [-0.2, -0.15) is 0 Å². The second-order valence-corrected chi connectivity index (χ2v) is 5.99. The van der Waals surface area contributed by atoms with E-state index in [1.54, 1.807) is 12.1 Å². The topological polar surface area (TPSA) is 58.4 Å². The van der Waals surface area contributed by atoms with Crippen molar-refractivity contribution in [1.82, 2.24) is 10.2 Å². The first-order valence-corrected chi connectivity index (χ1v) is 7.17. The number of likely N-dealkylation sites (tertiary alicyclic amines) is 1. The summed E-state index contributed by atoms with van der Waals surface area (Å²) in [7, 11) is 2.12. The van der Waals surface area contributed by atoms with Gasteiger partial charge in [-0.05, 0) is 44.6 Å². The van der Waals surface area contributed by atoms with E-state index in [4.69, 9.17) is 0 Å². The molecule has 104 valence electrons. The molecule has 1 fully saturated rings. The van der Waals surface area contributed by atoms with Crippen LogP contribution in [0.2, 0.25) is 0 Å². The summed E-state index contributed by atoms with van der Waals surface area (Å²) in [5.74, 6) is 0.649. The Morgan fingerprint density at radius 3 is 3.00 bits per heavy atom. The molecule has 0 aliphatic carbocycles. The Morgan fingerprint density at radius 2 is 2.37 bits per heavy atom. The van der Waals surface area contributed by atoms with Crippen molar-refractivity contribution < 1.29 is 4.92 Å². The Balaban J connectivity index is 1.91. The second-order valence-electron chi connectivity index (χ2n) is 5.08. The van der Waals surface area contributed by atoms with Crippen molar-refractivity contribution >= 4 is 21.6 Å². The second kappa shape index (κ2) is 6.45. The fourth-order valence-electron chi connectivity index (χ4n) is 2.48. The van der Waals surface area contributed by atoms with Gasteiger partial charge < -0.3 is 10.2 Å². The third-order valence-corrected chi connectivity index (χ3v) is 3.97. The first kappa shape index (κ1) is 14.4. The van der Waals surface area contributed by atoms with E-state index in [0.29, 0.717) is 12.5 Å². The van der Waals surface area contributed by atoms with Crippen LogP contribution in [-0.4, -0.2) is 36.5 Å². The molecule has 0 saturated carbocycles. The highest BCUT2D eigenvalue weighted by Crippen LogP contribution is 2.23. The van der Waals surface area contributed by atoms with Crippen LogP contribution in [0.1, 0.15) is 12.0 Å². The van der Waals surface area contributed by atoms with Crippen molar-refractivity contribution in [2.24, 2.45) is 5.92 Å². The maximum Gasteiger partial charge on any atom is 0.273 e. The lowest BCUT2D eigenvalue weighted by Gasteiger charge is -2.12. The molecule has 0 spiro atoms. The monoisotopic (exact) mass is 327 g/mol. The molecular formula is C13H18BrN3O2. The summed E-state index contributed by atoms with van der Waals surface area (Å²) in [6, 6.07) is 5.06. The molecular weight excluding hydrogens is 310 g/mol. The van der Waals surface area contributed by atoms with E-state index in [1.165, 1.54) is 6.42 Å². The number of hydrogen-bond acceptors (Lipinski definition) is 4. The van der Waals surface area contributed by atoms with Gasteiger partial charge in [0, 0.05) is 29.2 Å². The van der Waals surface area contributed by atoms with E-state index in [-0.39, 0.29) is 10.6 Å². The maximum atomic E-state index is 11.0. The zero-order valence-corrected chi connectivity index (χ0v) is 12.5. The molecule has 0 bridgehead atoms. The predicted octanol–water partition coefficient (Wildman–Crippen LogP) is 2.40. The average Bonchev–Trinajstić information content (AvgIpc) is 2.75. The minimum Gasteiger partial charge on any atom is -0.312 e. The Bertz CT molecular complexity index is 467. The lowest BCUT2D eigenvalue weighted by atomic mass is 10.1. The van der Waals surface area contributed by atoms with Gasteiger partial charge >= 0.3 is 0 Å². The van der Waals surface area contributed by atoms with Crippen LogP contribution in [0.15, 0.2) is 22.7 Å². The van der Waals surface area contributed by atoms with Crippen LogP contribution in [0.4, 0.5) is 5.69 Å². The fourth-order valence-corrected chi connectivity index (χ4v) is 2.89. The molecule has 2 rings (SSSR count). The fraction of sp³-hybridized carbons (Fsp3) is 0.538. The molecule has 1 unspecified atom stereocenters. The molecule has 1 N–H and O–H groups in total. The molecule has 1 aromatic carbocycles. The molecule has 6 heteroatoms. The van der Waals surface area contributed by atoms with Gasteiger partial charge in [0.1, 0.15) is 0 Å². The zero-order valence-electron chi connectivity index (χ0n) is 10.9. The van der Waals surface area contributed by atoms with Crippen LogP contribution in [0.3, 0.4) is 0 Å². The summed E-state index contributed by atoms with van der Waals surface area (Å²) in [5, 5.41) is 14.3. The number of benzene rings is 1. The largest absolute Gasteiger partial charge is 0.312 e. The highest BCUT2D eigenvalue weighted by molar-refractivity contribution is 9.10. The van der Waals surface area contributed by atoms with Crippen LogP contribution < -0.4 is 5.32 Å². The first-order chi connectivity index (χ1) is 9.06. The zero-order chi connectivity index (χ0) is 13.8. The highest BCUT2D eigenvalue weighted by atomic mass is 79.9. The molecule has 1 aliphatic rings. The molecule has 0 radical (unpaired) electrons. The van der Waals surface area contributed by atoms with E-state index in [2.05, 4.69) is 33.2 Å². The standard InChI is InChI=1S/C13H18BrN3O2/c1-16-5-4-10(9-16)7-15-8-11-6-12(14)2-3-13(11)17(18)19/h2-3,6,10,15H,4-5,7-9H2,1H3. The van der Waals surface area contributed by atoms with Crippen molar-refractivity contribution in [2.75, 3.05) is 26.7 Å². The minimum atomic E-state index is -0.327. The molecule has 1 aromatic rings. The number of nitro groups is 1. The summed E-state index contributed by atoms with van der Waals surface area (Å²) in [6.07, 6.45) is 1.20. The van der Waals surface area contributed by atoms with Crippen LogP contribution in [0.25, 0.3) is 0 Å². The molecule has 0 aromatic heterocycles. The summed E-state index contributed by atoms with van der Waals surface area (Å²) in [5.41, 5.74) is 0.907. The van der Waals surface area contributed by atoms with Crippen molar-refractivity contribution in [3.63, 3.8) is 0 Å². The van der Waals surface area contributed by atoms with E-state index in [0.717, 1.165) is 29.7 Å². The SMILES string of the molecule is CN1CCC(CNCc2cc(Br)ccc2[N+](=O)[O-])C1. The summed E-state index contributed by atoms with van der Waals surface area (Å²) >= 11 is 3.35. The van der Waals surface area contributed by atoms with Crippen LogP contribution in [-0.2, 0) is 6.54 Å². The van der Waals surface area contributed by atoms with E-state index in [9.17, 15) is 10.1 Å². The maximum absolute atomic E-state index is 11.0. The smallest absolute Gasteiger partial charge is 0.273 e. The number of hydrogen-bond donors (Lipinski definition) is 1. The Labute approximate surface area is 121 Å². The molecule has 1 aliphatic heterocycles. The van der Waals surface area contributed by atoms with Crippen molar-refractivity contribution in [2.45, 2.75) is 13.0 Å². The predicted molar refractivity (Wildman–Crippen MR) is 78.1 cm³/mol. The molecule has 1 saturated heterocycles. The average molecular weight is 328 g/mol. The summed E-state index contributed by atoms with van der Waals surface area (Å²) in [4.78, 5) is 12.9. The number of nitrogens with one attached hydrogen (secondary N) is 1. The van der Waals surface area contributed by atoms with Crippen molar-refractivity contribution in [3.8, 4) is 0 Å². The van der Waals surface area contributed by atoms with Gasteiger partial charge in [0.2, 0.25) is 0 Å². The molecule has 0 amide bonds. The number of rotatable bonds is 5. The number of halogens is 1. The van der Waals surface area contributed by atoms with Gasteiger partial charge in [-0.1, -0.05) is 15.9 Å². The molecule has 5 nitrogen and oxygen atoms in total. The summed E-state index contributed by atoms with van der Waals surface area (Å²) in [6.45, 7) is 3.70. The lowest BCUT2D eigenvalue weighted by Crippen LogP contribution is -2.25. The van der Waals surface area contributed by atoms with Gasteiger partial charge in [-0.15, -0.1) is 0 Å². The molecule has 1 heterocycles. The van der Waals surface area contributed by atoms with E-state index < -0.39 is 0 Å². The van der Waals surface area contributed by atoms with E-state index >= 15 is 0 Å². The van der Waals surface area contributed by atoms with Gasteiger partial charge in [-0.25, -0.2) is 0 Å². The van der Waals surface area contributed by atoms with Gasteiger partial charge in [-0.3, -0.25) is 10.1 Å². The van der Waals surface area contributed by atoms with Crippen LogP contribution in [0.5, 0.6) is 0 Å². The van der Waals surface area contributed by atoms with E-state index in [1.807, 2.05) is 6.07 Å². The third kappa shape index (κ3) is 3.99. The first-order valence-electron chi connectivity index (χ1n) is 6.38. The molecule has 19 heavy (non-hydrogen) atoms. The summed E-state index contributed by atoms with van der Waals surface area (Å²) < 4.78 is 0.871. The molecule has 1 atom stereocenters. The van der Waals surface area contributed by atoms with Crippen LogP contribution in [0, 0.1) is 16.0 Å². The Morgan fingerprint density at radius 1 is 1.58 bits per heavy atom. The highest BCUT2D eigenvalue weighted by Gasteiger charge is 2.19. The Kier molecular flexibility index (Phi) is 4.90. The van der Waals surface area contributed by atoms with Gasteiger partial charge in [0.05, 0.1) is 4.92 Å².